The smallest absolute Gasteiger partial charge is 0.139 e. The summed E-state index contributed by atoms with van der Waals surface area (Å²) in [7, 11) is 0. The molecule has 7 aliphatic rings. The van der Waals surface area contributed by atoms with Crippen LogP contribution in [-0.2, 0) is 4.79 Å². The predicted octanol–water partition coefficient (Wildman–Crippen LogP) is 6.70. The third kappa shape index (κ3) is 3.24. The Labute approximate surface area is 208 Å². The van der Waals surface area contributed by atoms with Crippen molar-refractivity contribution in [2.24, 2.45) is 40.9 Å². The van der Waals surface area contributed by atoms with Crippen LogP contribution < -0.4 is 5.32 Å². The second kappa shape index (κ2) is 9.16. The maximum atomic E-state index is 14.0. The van der Waals surface area contributed by atoms with E-state index in [4.69, 9.17) is 0 Å². The largest absolute Gasteiger partial charge is 0.301 e. The van der Waals surface area contributed by atoms with E-state index in [-0.39, 0.29) is 0 Å². The Balaban J connectivity index is 1.38. The molecule has 0 aromatic rings. The number of ketones is 1. The van der Waals surface area contributed by atoms with Gasteiger partial charge in [0.1, 0.15) is 5.78 Å². The highest BCUT2D eigenvalue weighted by Gasteiger charge is 2.69. The van der Waals surface area contributed by atoms with Crippen LogP contribution in [-0.4, -0.2) is 35.5 Å². The van der Waals surface area contributed by atoms with E-state index < -0.39 is 0 Å². The minimum absolute atomic E-state index is 0.416. The van der Waals surface area contributed by atoms with Crippen molar-refractivity contribution < 1.29 is 4.79 Å². The molecule has 5 aliphatic carbocycles. The van der Waals surface area contributed by atoms with Crippen molar-refractivity contribution in [3.05, 3.63) is 0 Å². The second-order valence-electron chi connectivity index (χ2n) is 13.7. The van der Waals surface area contributed by atoms with E-state index in [0.717, 1.165) is 29.7 Å². The quantitative estimate of drug-likeness (QED) is 0.466. The summed E-state index contributed by atoms with van der Waals surface area (Å²) in [5, 5.41) is 4.22. The number of hydrogen-bond acceptors (Lipinski definition) is 3. The Kier molecular flexibility index (Phi) is 6.13. The molecule has 1 spiro atoms. The first kappa shape index (κ1) is 22.8. The van der Waals surface area contributed by atoms with Crippen LogP contribution in [0.1, 0.15) is 122 Å². The number of carbonyl (C=O) groups excluding carboxylic acids is 1. The van der Waals surface area contributed by atoms with Gasteiger partial charge in [0.05, 0.1) is 6.17 Å². The highest BCUT2D eigenvalue weighted by molar-refractivity contribution is 5.85. The van der Waals surface area contributed by atoms with Crippen molar-refractivity contribution in [1.29, 1.82) is 0 Å². The molecule has 7 rings (SSSR count). The van der Waals surface area contributed by atoms with Gasteiger partial charge in [-0.1, -0.05) is 57.8 Å². The van der Waals surface area contributed by atoms with E-state index >= 15 is 0 Å². The second-order valence-corrected chi connectivity index (χ2v) is 13.7. The van der Waals surface area contributed by atoms with Gasteiger partial charge in [0, 0.05) is 23.9 Å². The molecule has 0 amide bonds. The fourth-order valence-electron chi connectivity index (χ4n) is 11.9. The average Bonchev–Trinajstić information content (AvgIpc) is 2.91. The maximum absolute atomic E-state index is 14.0. The zero-order valence-electron chi connectivity index (χ0n) is 21.7. The fourth-order valence-corrected chi connectivity index (χ4v) is 11.9. The highest BCUT2D eigenvalue weighted by atomic mass is 16.1. The molecule has 5 saturated carbocycles. The van der Waals surface area contributed by atoms with Gasteiger partial charge in [-0.05, 0) is 99.8 Å². The third-order valence-corrected chi connectivity index (χ3v) is 12.7. The van der Waals surface area contributed by atoms with E-state index in [1.165, 1.54) is 129 Å². The summed E-state index contributed by atoms with van der Waals surface area (Å²) in [6, 6.07) is 1.62. The molecule has 0 aromatic carbocycles. The Hall–Kier alpha value is -0.410. The van der Waals surface area contributed by atoms with E-state index in [1.807, 2.05) is 0 Å². The zero-order chi connectivity index (χ0) is 22.7. The molecule has 8 atom stereocenters. The minimum atomic E-state index is 0.416. The molecule has 2 heterocycles. The Bertz CT molecular complexity index is 707. The first-order valence-electron chi connectivity index (χ1n) is 15.9. The first-order valence-corrected chi connectivity index (χ1v) is 15.9. The van der Waals surface area contributed by atoms with Crippen LogP contribution in [0.5, 0.6) is 0 Å². The summed E-state index contributed by atoms with van der Waals surface area (Å²) in [4.78, 5) is 17.2. The SMILES string of the molecule is O=C1C2CCCCC2C2(C3CCCCC13)C1CCCCC1N(C1CCCCC1)C1NCCCC12. The molecule has 3 heteroatoms. The van der Waals surface area contributed by atoms with Crippen LogP contribution in [0.2, 0.25) is 0 Å². The van der Waals surface area contributed by atoms with Gasteiger partial charge >= 0.3 is 0 Å². The number of Topliss-reactive ketones (excluding diaryl/α,β-unsaturated/α-hetero) is 1. The average molecular weight is 467 g/mol. The van der Waals surface area contributed by atoms with Crippen LogP contribution in [0, 0.1) is 40.9 Å². The number of nitrogens with one attached hydrogen (secondary N) is 1. The molecule has 34 heavy (non-hydrogen) atoms. The van der Waals surface area contributed by atoms with Gasteiger partial charge in [0.25, 0.3) is 0 Å². The number of fused-ring (bicyclic) bond motifs is 8. The molecular weight excluding hydrogens is 416 g/mol. The van der Waals surface area contributed by atoms with Gasteiger partial charge < -0.3 is 5.32 Å². The summed E-state index contributed by atoms with van der Waals surface area (Å²) in [6.07, 6.45) is 27.1. The van der Waals surface area contributed by atoms with Crippen LogP contribution in [0.3, 0.4) is 0 Å². The molecular formula is C31H50N2O. The summed E-state index contributed by atoms with van der Waals surface area (Å²) < 4.78 is 0. The molecule has 2 aliphatic heterocycles. The molecule has 7 fully saturated rings. The minimum Gasteiger partial charge on any atom is -0.301 e. The Morgan fingerprint density at radius 3 is 1.85 bits per heavy atom. The van der Waals surface area contributed by atoms with Crippen molar-refractivity contribution >= 4 is 5.78 Å². The molecule has 1 N–H and O–H groups in total. The topological polar surface area (TPSA) is 32.3 Å². The van der Waals surface area contributed by atoms with Crippen LogP contribution in [0.25, 0.3) is 0 Å². The highest BCUT2D eigenvalue weighted by Crippen LogP contribution is 2.70. The first-order chi connectivity index (χ1) is 16.8. The van der Waals surface area contributed by atoms with Crippen LogP contribution in [0.15, 0.2) is 0 Å². The number of rotatable bonds is 1. The van der Waals surface area contributed by atoms with Gasteiger partial charge in [0.2, 0.25) is 0 Å². The van der Waals surface area contributed by atoms with Gasteiger partial charge in [-0.25, -0.2) is 0 Å². The standard InChI is InChI=1S/C31H50N2O/c34-29-22-13-4-6-15-24(22)31(25-16-7-5-14-23(25)29)26-17-8-9-19-28(26)33(21-11-2-1-3-12-21)30-27(31)18-10-20-32-30/h21-28,30,32H,1-20H2. The normalized spacial score (nSPS) is 50.2. The molecule has 3 nitrogen and oxygen atoms in total. The van der Waals surface area contributed by atoms with Gasteiger partial charge in [-0.2, -0.15) is 0 Å². The van der Waals surface area contributed by atoms with Crippen molar-refractivity contribution in [3.63, 3.8) is 0 Å². The fraction of sp³-hybridized carbons (Fsp3) is 0.968. The lowest BCUT2D eigenvalue weighted by molar-refractivity contribution is -0.242. The number of nitrogens with zero attached hydrogens (tertiary/aromatic N) is 1. The van der Waals surface area contributed by atoms with Crippen LogP contribution in [0.4, 0.5) is 0 Å². The van der Waals surface area contributed by atoms with Crippen LogP contribution >= 0.6 is 0 Å². The molecule has 0 aromatic heterocycles. The van der Waals surface area contributed by atoms with Crippen molar-refractivity contribution in [2.75, 3.05) is 6.54 Å². The monoisotopic (exact) mass is 466 g/mol. The van der Waals surface area contributed by atoms with Gasteiger partial charge in [0.15, 0.2) is 0 Å². The number of piperidine rings is 2. The molecule has 8 unspecified atom stereocenters. The molecule has 0 bridgehead atoms. The van der Waals surface area contributed by atoms with Gasteiger partial charge in [-0.15, -0.1) is 0 Å². The lowest BCUT2D eigenvalue weighted by Crippen LogP contribution is -2.76. The molecule has 190 valence electrons. The Morgan fingerprint density at radius 2 is 1.15 bits per heavy atom. The van der Waals surface area contributed by atoms with Crippen molar-refractivity contribution in [2.45, 2.75) is 140 Å². The Morgan fingerprint density at radius 1 is 0.588 bits per heavy atom. The molecule has 0 radical (unpaired) electrons. The predicted molar refractivity (Wildman–Crippen MR) is 137 cm³/mol. The van der Waals surface area contributed by atoms with Crippen molar-refractivity contribution in [3.8, 4) is 0 Å². The summed E-state index contributed by atoms with van der Waals surface area (Å²) in [6.45, 7) is 1.22. The zero-order valence-corrected chi connectivity index (χ0v) is 21.7. The lowest BCUT2D eigenvalue weighted by atomic mass is 9.37. The van der Waals surface area contributed by atoms with Gasteiger partial charge in [-0.3, -0.25) is 9.69 Å². The number of carbonyl (C=O) groups is 1. The van der Waals surface area contributed by atoms with E-state index in [2.05, 4.69) is 10.2 Å². The number of likely N-dealkylation sites (tertiary alicyclic amines) is 1. The summed E-state index contributed by atoms with van der Waals surface area (Å²) in [5.74, 6) is 4.67. The number of hydrogen-bond donors (Lipinski definition) is 1. The van der Waals surface area contributed by atoms with Crippen molar-refractivity contribution in [1.82, 2.24) is 10.2 Å². The molecule has 2 saturated heterocycles. The summed E-state index contributed by atoms with van der Waals surface area (Å²) in [5.41, 5.74) is 0.457. The van der Waals surface area contributed by atoms with E-state index in [0.29, 0.717) is 35.3 Å². The lowest BCUT2D eigenvalue weighted by Gasteiger charge is -2.72. The van der Waals surface area contributed by atoms with E-state index in [1.54, 1.807) is 0 Å². The summed E-state index contributed by atoms with van der Waals surface area (Å²) >= 11 is 0. The third-order valence-electron chi connectivity index (χ3n) is 12.7. The maximum Gasteiger partial charge on any atom is 0.139 e. The van der Waals surface area contributed by atoms with E-state index in [9.17, 15) is 4.79 Å².